The topological polar surface area (TPSA) is 0 Å². The summed E-state index contributed by atoms with van der Waals surface area (Å²) in [6, 6.07) is 32.4. The van der Waals surface area contributed by atoms with Gasteiger partial charge >= 0.3 is 0 Å². The molecule has 0 aromatic heterocycles. The summed E-state index contributed by atoms with van der Waals surface area (Å²) >= 11 is 0. The first kappa shape index (κ1) is 13.8. The number of fused-ring (bicyclic) bond motifs is 1. The molecule has 0 saturated heterocycles. The van der Waals surface area contributed by atoms with E-state index in [9.17, 15) is 0 Å². The van der Waals surface area contributed by atoms with E-state index in [0.29, 0.717) is 0 Å². The summed E-state index contributed by atoms with van der Waals surface area (Å²) in [4.78, 5) is 0. The number of hydrogen-bond donors (Lipinski definition) is 0. The molecule has 0 unspecified atom stereocenters. The molecule has 4 aromatic rings. The minimum atomic E-state index is 1.26. The summed E-state index contributed by atoms with van der Waals surface area (Å²) in [6.45, 7) is 2.19. The van der Waals surface area contributed by atoms with Crippen LogP contribution in [0.2, 0.25) is 0 Å². The lowest BCUT2D eigenvalue weighted by Crippen LogP contribution is -1.86. The molecule has 0 atom stereocenters. The van der Waals surface area contributed by atoms with Crippen molar-refractivity contribution in [2.45, 2.75) is 6.92 Å². The molecule has 0 aliphatic heterocycles. The van der Waals surface area contributed by atoms with Crippen LogP contribution < -0.4 is 0 Å². The van der Waals surface area contributed by atoms with E-state index in [1.54, 1.807) is 0 Å². The smallest absolute Gasteiger partial charge is 0.00761 e. The van der Waals surface area contributed by atoms with Crippen LogP contribution in [-0.4, -0.2) is 0 Å². The van der Waals surface area contributed by atoms with Gasteiger partial charge in [0.25, 0.3) is 0 Å². The molecular formula is C23H18. The highest BCUT2D eigenvalue weighted by Gasteiger charge is 2.07. The molecule has 23 heavy (non-hydrogen) atoms. The Hall–Kier alpha value is -2.86. The SMILES string of the molecule is Cc1ccc2ccccc2c1-c1ccc(-c2ccccc2)cc1. The Morgan fingerprint density at radius 3 is 1.87 bits per heavy atom. The maximum atomic E-state index is 2.23. The van der Waals surface area contributed by atoms with Crippen LogP contribution in [0.3, 0.4) is 0 Å². The zero-order valence-corrected chi connectivity index (χ0v) is 13.2. The van der Waals surface area contributed by atoms with Crippen molar-refractivity contribution in [3.63, 3.8) is 0 Å². The van der Waals surface area contributed by atoms with Gasteiger partial charge in [-0.2, -0.15) is 0 Å². The van der Waals surface area contributed by atoms with Crippen molar-refractivity contribution in [3.8, 4) is 22.3 Å². The van der Waals surface area contributed by atoms with E-state index in [-0.39, 0.29) is 0 Å². The Balaban J connectivity index is 1.84. The van der Waals surface area contributed by atoms with Crippen LogP contribution in [0.25, 0.3) is 33.0 Å². The lowest BCUT2D eigenvalue weighted by molar-refractivity contribution is 1.48. The van der Waals surface area contributed by atoms with Crippen molar-refractivity contribution in [1.82, 2.24) is 0 Å². The van der Waals surface area contributed by atoms with Gasteiger partial charge in [0.2, 0.25) is 0 Å². The predicted octanol–water partition coefficient (Wildman–Crippen LogP) is 6.48. The van der Waals surface area contributed by atoms with Gasteiger partial charge in [-0.25, -0.2) is 0 Å². The summed E-state index contributed by atoms with van der Waals surface area (Å²) in [5, 5.41) is 2.61. The van der Waals surface area contributed by atoms with E-state index in [4.69, 9.17) is 0 Å². The van der Waals surface area contributed by atoms with E-state index in [2.05, 4.69) is 97.9 Å². The quantitative estimate of drug-likeness (QED) is 0.397. The van der Waals surface area contributed by atoms with Crippen molar-refractivity contribution in [2.75, 3.05) is 0 Å². The molecule has 110 valence electrons. The first-order chi connectivity index (χ1) is 11.3. The standard InChI is InChI=1S/C23H18/c1-17-11-12-20-9-5-6-10-22(20)23(17)21-15-13-19(14-16-21)18-7-3-2-4-8-18/h2-16H,1H3. The Labute approximate surface area is 137 Å². The number of hydrogen-bond acceptors (Lipinski definition) is 0. The Kier molecular flexibility index (Phi) is 3.44. The van der Waals surface area contributed by atoms with Crippen LogP contribution in [0, 0.1) is 6.92 Å². The average molecular weight is 294 g/mol. The third kappa shape index (κ3) is 2.53. The average Bonchev–Trinajstić information content (AvgIpc) is 2.63. The fourth-order valence-electron chi connectivity index (χ4n) is 3.22. The van der Waals surface area contributed by atoms with Gasteiger partial charge in [0, 0.05) is 0 Å². The van der Waals surface area contributed by atoms with Crippen LogP contribution in [-0.2, 0) is 0 Å². The second-order valence-corrected chi connectivity index (χ2v) is 5.92. The summed E-state index contributed by atoms with van der Waals surface area (Å²) in [5.41, 5.74) is 6.44. The van der Waals surface area contributed by atoms with Gasteiger partial charge < -0.3 is 0 Å². The van der Waals surface area contributed by atoms with Gasteiger partial charge in [0.1, 0.15) is 0 Å². The number of aryl methyl sites for hydroxylation is 1. The normalized spacial score (nSPS) is 10.8. The minimum absolute atomic E-state index is 1.26. The van der Waals surface area contributed by atoms with Crippen molar-refractivity contribution in [1.29, 1.82) is 0 Å². The van der Waals surface area contributed by atoms with Gasteiger partial charge in [0.15, 0.2) is 0 Å². The fraction of sp³-hybridized carbons (Fsp3) is 0.0435. The van der Waals surface area contributed by atoms with E-state index in [0.717, 1.165) is 0 Å². The van der Waals surface area contributed by atoms with Gasteiger partial charge in [0.05, 0.1) is 0 Å². The zero-order chi connectivity index (χ0) is 15.6. The maximum Gasteiger partial charge on any atom is -0.00761 e. The van der Waals surface area contributed by atoms with Crippen LogP contribution in [0.4, 0.5) is 0 Å². The summed E-state index contributed by atoms with van der Waals surface area (Å²) in [5.74, 6) is 0. The monoisotopic (exact) mass is 294 g/mol. The second-order valence-electron chi connectivity index (χ2n) is 5.92. The summed E-state index contributed by atoms with van der Waals surface area (Å²) < 4.78 is 0. The number of benzene rings is 4. The molecule has 0 nitrogen and oxygen atoms in total. The van der Waals surface area contributed by atoms with Crippen LogP contribution in [0.15, 0.2) is 91.0 Å². The molecule has 0 aliphatic carbocycles. The molecule has 0 bridgehead atoms. The first-order valence-electron chi connectivity index (χ1n) is 7.97. The molecule has 0 heteroatoms. The van der Waals surface area contributed by atoms with Gasteiger partial charge in [-0.05, 0) is 45.5 Å². The molecule has 0 amide bonds. The largest absolute Gasteiger partial charge is 0.0622 e. The predicted molar refractivity (Wildman–Crippen MR) is 99.6 cm³/mol. The molecule has 0 fully saturated rings. The first-order valence-corrected chi connectivity index (χ1v) is 7.97. The zero-order valence-electron chi connectivity index (χ0n) is 13.2. The van der Waals surface area contributed by atoms with Crippen molar-refractivity contribution < 1.29 is 0 Å². The lowest BCUT2D eigenvalue weighted by Gasteiger charge is -2.11. The third-order valence-corrected chi connectivity index (χ3v) is 4.42. The second kappa shape index (κ2) is 5.73. The fourth-order valence-corrected chi connectivity index (χ4v) is 3.22. The molecular weight excluding hydrogens is 276 g/mol. The molecule has 0 radical (unpaired) electrons. The Bertz CT molecular complexity index is 948. The van der Waals surface area contributed by atoms with Crippen molar-refractivity contribution >= 4 is 10.8 Å². The van der Waals surface area contributed by atoms with E-state index < -0.39 is 0 Å². The van der Waals surface area contributed by atoms with Crippen LogP contribution >= 0.6 is 0 Å². The van der Waals surface area contributed by atoms with E-state index in [1.807, 2.05) is 0 Å². The van der Waals surface area contributed by atoms with Crippen LogP contribution in [0.5, 0.6) is 0 Å². The summed E-state index contributed by atoms with van der Waals surface area (Å²) in [7, 11) is 0. The van der Waals surface area contributed by atoms with Crippen LogP contribution in [0.1, 0.15) is 5.56 Å². The van der Waals surface area contributed by atoms with E-state index in [1.165, 1.54) is 38.6 Å². The minimum Gasteiger partial charge on any atom is -0.0622 e. The van der Waals surface area contributed by atoms with E-state index >= 15 is 0 Å². The molecule has 4 aromatic carbocycles. The highest BCUT2D eigenvalue weighted by molar-refractivity contribution is 5.98. The van der Waals surface area contributed by atoms with Gasteiger partial charge in [-0.3, -0.25) is 0 Å². The number of rotatable bonds is 2. The van der Waals surface area contributed by atoms with Gasteiger partial charge in [-0.15, -0.1) is 0 Å². The highest BCUT2D eigenvalue weighted by atomic mass is 14.1. The molecule has 0 saturated carbocycles. The molecule has 4 rings (SSSR count). The molecule has 0 heterocycles. The Morgan fingerprint density at radius 1 is 0.478 bits per heavy atom. The Morgan fingerprint density at radius 2 is 1.09 bits per heavy atom. The van der Waals surface area contributed by atoms with Gasteiger partial charge in [-0.1, -0.05) is 91.0 Å². The molecule has 0 aliphatic rings. The molecule has 0 N–H and O–H groups in total. The van der Waals surface area contributed by atoms with Crippen molar-refractivity contribution in [2.24, 2.45) is 0 Å². The van der Waals surface area contributed by atoms with Crippen molar-refractivity contribution in [3.05, 3.63) is 96.6 Å². The highest BCUT2D eigenvalue weighted by Crippen LogP contribution is 2.33. The summed E-state index contributed by atoms with van der Waals surface area (Å²) in [6.07, 6.45) is 0. The third-order valence-electron chi connectivity index (χ3n) is 4.42. The lowest BCUT2D eigenvalue weighted by atomic mass is 9.93. The molecule has 0 spiro atoms. The maximum absolute atomic E-state index is 2.23.